The largest absolute Gasteiger partial charge is 0.375 e. The number of rotatable bonds is 10. The Labute approximate surface area is 101 Å². The first-order chi connectivity index (χ1) is 8.10. The van der Waals surface area contributed by atoms with Crippen molar-refractivity contribution in [3.8, 4) is 0 Å². The maximum Gasteiger partial charge on any atom is 0.261 e. The van der Waals surface area contributed by atoms with E-state index in [0.29, 0.717) is 19.0 Å². The summed E-state index contributed by atoms with van der Waals surface area (Å²) >= 11 is 0. The third-order valence-electron chi connectivity index (χ3n) is 2.46. The van der Waals surface area contributed by atoms with E-state index in [1.165, 1.54) is 0 Å². The van der Waals surface area contributed by atoms with Crippen LogP contribution in [0, 0.1) is 5.92 Å². The van der Waals surface area contributed by atoms with Crippen molar-refractivity contribution < 1.29 is 18.3 Å². The van der Waals surface area contributed by atoms with Crippen molar-refractivity contribution in [3.05, 3.63) is 0 Å². The van der Waals surface area contributed by atoms with E-state index in [-0.39, 0.29) is 18.9 Å². The molecule has 102 valence electrons. The number of alkyl halides is 2. The van der Waals surface area contributed by atoms with E-state index >= 15 is 0 Å². The molecule has 3 N–H and O–H groups in total. The second-order valence-corrected chi connectivity index (χ2v) is 3.87. The van der Waals surface area contributed by atoms with Gasteiger partial charge in [-0.1, -0.05) is 13.3 Å². The van der Waals surface area contributed by atoms with Crippen molar-refractivity contribution in [1.29, 1.82) is 0 Å². The molecule has 0 fully saturated rings. The van der Waals surface area contributed by atoms with Crippen molar-refractivity contribution in [3.63, 3.8) is 0 Å². The van der Waals surface area contributed by atoms with Gasteiger partial charge in [0.2, 0.25) is 5.91 Å². The maximum atomic E-state index is 11.7. The second-order valence-electron chi connectivity index (χ2n) is 3.87. The van der Waals surface area contributed by atoms with Crippen molar-refractivity contribution in [1.82, 2.24) is 5.32 Å². The van der Waals surface area contributed by atoms with E-state index in [1.54, 1.807) is 0 Å². The van der Waals surface area contributed by atoms with E-state index < -0.39 is 13.0 Å². The molecule has 17 heavy (non-hydrogen) atoms. The standard InChI is InChI=1S/C11H22F2N2O2/c1-2-9(3-5-14)7-15-11(16)4-6-17-8-10(12)13/h9-10H,2-8,14H2,1H3,(H,15,16). The molecule has 0 aromatic heterocycles. The van der Waals surface area contributed by atoms with E-state index in [1.807, 2.05) is 6.92 Å². The molecular formula is C11H22F2N2O2. The van der Waals surface area contributed by atoms with Gasteiger partial charge in [-0.3, -0.25) is 4.79 Å². The molecule has 0 aromatic carbocycles. The highest BCUT2D eigenvalue weighted by molar-refractivity contribution is 5.75. The van der Waals surface area contributed by atoms with Gasteiger partial charge in [0.05, 0.1) is 6.61 Å². The minimum Gasteiger partial charge on any atom is -0.375 e. The lowest BCUT2D eigenvalue weighted by molar-refractivity contribution is -0.122. The molecule has 0 saturated carbocycles. The molecule has 4 nitrogen and oxygen atoms in total. The maximum absolute atomic E-state index is 11.7. The van der Waals surface area contributed by atoms with Crippen LogP contribution in [0.5, 0.6) is 0 Å². The number of amides is 1. The lowest BCUT2D eigenvalue weighted by Gasteiger charge is -2.14. The van der Waals surface area contributed by atoms with Crippen molar-refractivity contribution in [2.24, 2.45) is 11.7 Å². The molecule has 0 aliphatic carbocycles. The zero-order chi connectivity index (χ0) is 13.1. The first kappa shape index (κ1) is 16.2. The molecule has 0 aliphatic heterocycles. The Morgan fingerprint density at radius 3 is 2.71 bits per heavy atom. The Balaban J connectivity index is 3.51. The van der Waals surface area contributed by atoms with Crippen LogP contribution in [0.15, 0.2) is 0 Å². The molecule has 0 aliphatic rings. The molecule has 1 amide bonds. The van der Waals surface area contributed by atoms with Gasteiger partial charge in [-0.15, -0.1) is 0 Å². The molecule has 1 unspecified atom stereocenters. The zero-order valence-corrected chi connectivity index (χ0v) is 10.3. The molecule has 0 aromatic rings. The van der Waals surface area contributed by atoms with Gasteiger partial charge in [0, 0.05) is 13.0 Å². The topological polar surface area (TPSA) is 64.3 Å². The van der Waals surface area contributed by atoms with Crippen molar-refractivity contribution in [2.75, 3.05) is 26.3 Å². The molecular weight excluding hydrogens is 230 g/mol. The third kappa shape index (κ3) is 10.1. The number of carbonyl (C=O) groups is 1. The van der Waals surface area contributed by atoms with Gasteiger partial charge in [-0.25, -0.2) is 8.78 Å². The fourth-order valence-electron chi connectivity index (χ4n) is 1.37. The number of nitrogens with one attached hydrogen (secondary N) is 1. The lowest BCUT2D eigenvalue weighted by Crippen LogP contribution is -2.30. The number of carbonyl (C=O) groups excluding carboxylic acids is 1. The van der Waals surface area contributed by atoms with Gasteiger partial charge in [0.25, 0.3) is 6.43 Å². The SMILES string of the molecule is CCC(CCN)CNC(=O)CCOCC(F)F. The van der Waals surface area contributed by atoms with Gasteiger partial charge >= 0.3 is 0 Å². The fraction of sp³-hybridized carbons (Fsp3) is 0.909. The summed E-state index contributed by atoms with van der Waals surface area (Å²) in [7, 11) is 0. The van der Waals surface area contributed by atoms with Crippen LogP contribution in [-0.2, 0) is 9.53 Å². The summed E-state index contributed by atoms with van der Waals surface area (Å²) in [4.78, 5) is 11.3. The highest BCUT2D eigenvalue weighted by atomic mass is 19.3. The Kier molecular flexibility index (Phi) is 9.95. The number of hydrogen-bond acceptors (Lipinski definition) is 3. The summed E-state index contributed by atoms with van der Waals surface area (Å²) in [5.41, 5.74) is 5.43. The molecule has 1 atom stereocenters. The van der Waals surface area contributed by atoms with Crippen LogP contribution >= 0.6 is 0 Å². The highest BCUT2D eigenvalue weighted by Crippen LogP contribution is 2.04. The average Bonchev–Trinajstić information content (AvgIpc) is 2.29. The predicted octanol–water partition coefficient (Wildman–Crippen LogP) is 1.15. The fourth-order valence-corrected chi connectivity index (χ4v) is 1.37. The number of hydrogen-bond donors (Lipinski definition) is 2. The van der Waals surface area contributed by atoms with Gasteiger partial charge in [0.1, 0.15) is 6.61 Å². The van der Waals surface area contributed by atoms with Crippen molar-refractivity contribution in [2.45, 2.75) is 32.6 Å². The lowest BCUT2D eigenvalue weighted by atomic mass is 10.0. The van der Waals surface area contributed by atoms with E-state index in [4.69, 9.17) is 5.73 Å². The average molecular weight is 252 g/mol. The van der Waals surface area contributed by atoms with Crippen LogP contribution in [0.4, 0.5) is 8.78 Å². The first-order valence-corrected chi connectivity index (χ1v) is 5.92. The zero-order valence-electron chi connectivity index (χ0n) is 10.3. The van der Waals surface area contributed by atoms with Crippen LogP contribution in [0.2, 0.25) is 0 Å². The summed E-state index contributed by atoms with van der Waals surface area (Å²) in [6.45, 7) is 2.65. The molecule has 0 bridgehead atoms. The van der Waals surface area contributed by atoms with Crippen LogP contribution in [0.25, 0.3) is 0 Å². The molecule has 0 heterocycles. The number of ether oxygens (including phenoxy) is 1. The smallest absolute Gasteiger partial charge is 0.261 e. The molecule has 0 spiro atoms. The van der Waals surface area contributed by atoms with Crippen LogP contribution < -0.4 is 11.1 Å². The quantitative estimate of drug-likeness (QED) is 0.573. The number of halogens is 2. The summed E-state index contributed by atoms with van der Waals surface area (Å²) in [5, 5.41) is 2.74. The Bertz CT molecular complexity index is 204. The van der Waals surface area contributed by atoms with Crippen LogP contribution in [0.3, 0.4) is 0 Å². The summed E-state index contributed by atoms with van der Waals surface area (Å²) in [6, 6.07) is 0. The van der Waals surface area contributed by atoms with E-state index in [9.17, 15) is 13.6 Å². The molecule has 0 radical (unpaired) electrons. The van der Waals surface area contributed by atoms with Gasteiger partial charge < -0.3 is 15.8 Å². The van der Waals surface area contributed by atoms with Crippen molar-refractivity contribution >= 4 is 5.91 Å². The normalized spacial score (nSPS) is 12.8. The van der Waals surface area contributed by atoms with E-state index in [2.05, 4.69) is 10.1 Å². The summed E-state index contributed by atoms with van der Waals surface area (Å²) in [5.74, 6) is 0.209. The van der Waals surface area contributed by atoms with Gasteiger partial charge in [-0.2, -0.15) is 0 Å². The Hall–Kier alpha value is -0.750. The van der Waals surface area contributed by atoms with E-state index in [0.717, 1.165) is 12.8 Å². The van der Waals surface area contributed by atoms with Gasteiger partial charge in [-0.05, 0) is 18.9 Å². The third-order valence-corrected chi connectivity index (χ3v) is 2.46. The summed E-state index contributed by atoms with van der Waals surface area (Å²) < 4.78 is 28.0. The Morgan fingerprint density at radius 1 is 1.47 bits per heavy atom. The second kappa shape index (κ2) is 10.4. The molecule has 6 heteroatoms. The minimum atomic E-state index is -2.48. The molecule has 0 rings (SSSR count). The molecule has 0 saturated heterocycles. The number of nitrogens with two attached hydrogens (primary N) is 1. The summed E-state index contributed by atoms with van der Waals surface area (Å²) in [6.07, 6.45) is -0.531. The van der Waals surface area contributed by atoms with Crippen LogP contribution in [0.1, 0.15) is 26.2 Å². The minimum absolute atomic E-state index is 0.0316. The Morgan fingerprint density at radius 2 is 2.18 bits per heavy atom. The van der Waals surface area contributed by atoms with Crippen LogP contribution in [-0.4, -0.2) is 38.6 Å². The highest BCUT2D eigenvalue weighted by Gasteiger charge is 2.08. The predicted molar refractivity (Wildman–Crippen MR) is 61.9 cm³/mol. The monoisotopic (exact) mass is 252 g/mol. The van der Waals surface area contributed by atoms with Gasteiger partial charge in [0.15, 0.2) is 0 Å². The first-order valence-electron chi connectivity index (χ1n) is 5.92.